The molecule has 3 aromatic carbocycles. The van der Waals surface area contributed by atoms with Crippen LogP contribution in [0.3, 0.4) is 0 Å². The van der Waals surface area contributed by atoms with Crippen molar-refractivity contribution in [1.82, 2.24) is 5.43 Å². The molecule has 8 heteroatoms. The van der Waals surface area contributed by atoms with Gasteiger partial charge in [0.2, 0.25) is 10.0 Å². The Labute approximate surface area is 186 Å². The number of carbonyl (C=O) groups excluding carboxylic acids is 1. The number of amides is 1. The summed E-state index contributed by atoms with van der Waals surface area (Å²) in [6.45, 7) is 1.41. The van der Waals surface area contributed by atoms with Gasteiger partial charge in [-0.25, -0.2) is 13.8 Å². The average Bonchev–Trinajstić information content (AvgIpc) is 3.14. The normalized spacial score (nSPS) is 13.1. The lowest BCUT2D eigenvalue weighted by molar-refractivity contribution is -0.119. The van der Waals surface area contributed by atoms with Gasteiger partial charge in [-0.05, 0) is 59.4 Å². The number of sulfonamides is 1. The van der Waals surface area contributed by atoms with Crippen LogP contribution in [0.4, 0.5) is 5.69 Å². The minimum atomic E-state index is -3.69. The van der Waals surface area contributed by atoms with Gasteiger partial charge in [0, 0.05) is 10.6 Å². The van der Waals surface area contributed by atoms with Gasteiger partial charge in [-0.15, -0.1) is 0 Å². The molecule has 0 heterocycles. The van der Waals surface area contributed by atoms with E-state index in [0.717, 1.165) is 39.9 Å². The molecule has 0 fully saturated rings. The predicted molar refractivity (Wildman–Crippen MR) is 125 cm³/mol. The lowest BCUT2D eigenvalue weighted by atomic mass is 10.0. The maximum Gasteiger partial charge on any atom is 0.260 e. The van der Waals surface area contributed by atoms with E-state index < -0.39 is 22.5 Å². The molecule has 1 aliphatic carbocycles. The Balaban J connectivity index is 1.51. The number of benzene rings is 3. The molecule has 0 unspecified atom stereocenters. The molecule has 1 aliphatic rings. The second kappa shape index (κ2) is 8.32. The third-order valence-electron chi connectivity index (χ3n) is 5.43. The van der Waals surface area contributed by atoms with Crippen molar-refractivity contribution < 1.29 is 13.2 Å². The minimum Gasteiger partial charge on any atom is -0.271 e. The van der Waals surface area contributed by atoms with Crippen molar-refractivity contribution in [1.29, 1.82) is 0 Å². The molecular weight excluding hydrogens is 434 g/mol. The largest absolute Gasteiger partial charge is 0.271 e. The molecule has 0 saturated carbocycles. The zero-order valence-electron chi connectivity index (χ0n) is 17.2. The molecule has 0 atom stereocenters. The van der Waals surface area contributed by atoms with Crippen molar-refractivity contribution in [3.05, 3.63) is 75.8 Å². The van der Waals surface area contributed by atoms with Gasteiger partial charge in [-0.1, -0.05) is 48.0 Å². The number of carbonyl (C=O) groups is 1. The number of halogens is 1. The Morgan fingerprint density at radius 3 is 2.61 bits per heavy atom. The van der Waals surface area contributed by atoms with Crippen molar-refractivity contribution in [2.45, 2.75) is 19.8 Å². The van der Waals surface area contributed by atoms with Crippen LogP contribution in [-0.4, -0.2) is 33.3 Å². The molecule has 0 radical (unpaired) electrons. The Hall–Kier alpha value is -2.90. The molecular formula is C23H22ClN3O3S. The Morgan fingerprint density at radius 1 is 1.16 bits per heavy atom. The van der Waals surface area contributed by atoms with E-state index in [9.17, 15) is 13.2 Å². The summed E-state index contributed by atoms with van der Waals surface area (Å²) in [5, 5.41) is 6.84. The van der Waals surface area contributed by atoms with Gasteiger partial charge < -0.3 is 0 Å². The van der Waals surface area contributed by atoms with E-state index in [0.29, 0.717) is 10.7 Å². The van der Waals surface area contributed by atoms with E-state index in [1.807, 2.05) is 25.1 Å². The number of hydrogen-bond donors (Lipinski definition) is 1. The molecule has 1 N–H and O–H groups in total. The first-order chi connectivity index (χ1) is 14.7. The minimum absolute atomic E-state index is 0.324. The summed E-state index contributed by atoms with van der Waals surface area (Å²) < 4.78 is 25.5. The fourth-order valence-corrected chi connectivity index (χ4v) is 4.88. The number of nitrogens with zero attached hydrogens (tertiary/aromatic N) is 2. The van der Waals surface area contributed by atoms with Gasteiger partial charge >= 0.3 is 0 Å². The number of hydrogen-bond acceptors (Lipinski definition) is 4. The Bertz CT molecular complexity index is 1310. The first-order valence-electron chi connectivity index (χ1n) is 9.83. The van der Waals surface area contributed by atoms with Crippen molar-refractivity contribution >= 4 is 50.2 Å². The number of anilines is 1. The molecule has 4 rings (SSSR count). The van der Waals surface area contributed by atoms with Crippen LogP contribution in [0.2, 0.25) is 5.02 Å². The molecule has 3 aromatic rings. The van der Waals surface area contributed by atoms with E-state index in [1.54, 1.807) is 18.3 Å². The second-order valence-electron chi connectivity index (χ2n) is 7.65. The van der Waals surface area contributed by atoms with Crippen molar-refractivity contribution in [2.75, 3.05) is 17.1 Å². The second-order valence-corrected chi connectivity index (χ2v) is 9.96. The summed E-state index contributed by atoms with van der Waals surface area (Å²) in [6, 6.07) is 15.1. The van der Waals surface area contributed by atoms with E-state index >= 15 is 0 Å². The van der Waals surface area contributed by atoms with Crippen LogP contribution in [0, 0.1) is 6.92 Å². The molecule has 0 bridgehead atoms. The van der Waals surface area contributed by atoms with Crippen LogP contribution in [0.5, 0.6) is 0 Å². The summed E-state index contributed by atoms with van der Waals surface area (Å²) in [6.07, 6.45) is 4.71. The first kappa shape index (κ1) is 21.3. The van der Waals surface area contributed by atoms with Crippen molar-refractivity contribution in [2.24, 2.45) is 5.10 Å². The van der Waals surface area contributed by atoms with Crippen LogP contribution < -0.4 is 9.73 Å². The number of nitrogens with one attached hydrogen (secondary N) is 1. The number of aryl methyl sites for hydroxylation is 3. The van der Waals surface area contributed by atoms with Crippen LogP contribution in [0.1, 0.15) is 22.3 Å². The standard InChI is InChI=1S/C23H22ClN3O3S/c1-15-6-11-19(12-21(15)24)27(31(2,29)30)14-22(28)26-25-13-18-10-9-17-8-7-16-4-3-5-20(18)23(16)17/h3-6,9-13H,7-8,14H2,1-2H3,(H,26,28)/b25-13-. The number of hydrazone groups is 1. The molecule has 160 valence electrons. The highest BCUT2D eigenvalue weighted by atomic mass is 35.5. The van der Waals surface area contributed by atoms with E-state index in [2.05, 4.69) is 22.7 Å². The highest BCUT2D eigenvalue weighted by Gasteiger charge is 2.21. The van der Waals surface area contributed by atoms with Gasteiger partial charge in [0.15, 0.2) is 0 Å². The summed E-state index contributed by atoms with van der Waals surface area (Å²) in [7, 11) is -3.69. The van der Waals surface area contributed by atoms with Crippen molar-refractivity contribution in [3.63, 3.8) is 0 Å². The molecule has 0 saturated heterocycles. The van der Waals surface area contributed by atoms with Gasteiger partial charge in [-0.2, -0.15) is 5.10 Å². The Kier molecular flexibility index (Phi) is 5.73. The van der Waals surface area contributed by atoms with Crippen LogP contribution >= 0.6 is 11.6 Å². The van der Waals surface area contributed by atoms with Crippen LogP contribution in [-0.2, 0) is 27.7 Å². The molecule has 1 amide bonds. The molecule has 6 nitrogen and oxygen atoms in total. The van der Waals surface area contributed by atoms with Gasteiger partial charge in [0.25, 0.3) is 5.91 Å². The lowest BCUT2D eigenvalue weighted by Crippen LogP contribution is -2.39. The molecule has 0 aliphatic heterocycles. The molecule has 0 spiro atoms. The maximum absolute atomic E-state index is 12.4. The van der Waals surface area contributed by atoms with Crippen LogP contribution in [0.15, 0.2) is 53.6 Å². The number of rotatable bonds is 6. The highest BCUT2D eigenvalue weighted by molar-refractivity contribution is 7.92. The predicted octanol–water partition coefficient (Wildman–Crippen LogP) is 3.82. The Morgan fingerprint density at radius 2 is 1.90 bits per heavy atom. The zero-order chi connectivity index (χ0) is 22.2. The lowest BCUT2D eigenvalue weighted by Gasteiger charge is -2.21. The summed E-state index contributed by atoms with van der Waals surface area (Å²) in [5.41, 5.74) is 7.12. The fourth-order valence-electron chi connectivity index (χ4n) is 3.86. The smallest absolute Gasteiger partial charge is 0.260 e. The SMILES string of the molecule is Cc1ccc(N(CC(=O)N/N=C\c2ccc3c4c(cccc24)CC3)S(C)(=O)=O)cc1Cl. The highest BCUT2D eigenvalue weighted by Crippen LogP contribution is 2.32. The molecule has 0 aromatic heterocycles. The van der Waals surface area contributed by atoms with Gasteiger partial charge in [0.1, 0.15) is 6.54 Å². The van der Waals surface area contributed by atoms with Crippen LogP contribution in [0.25, 0.3) is 10.8 Å². The first-order valence-corrected chi connectivity index (χ1v) is 12.1. The van der Waals surface area contributed by atoms with Gasteiger partial charge in [-0.3, -0.25) is 9.10 Å². The van der Waals surface area contributed by atoms with E-state index in [1.165, 1.54) is 22.6 Å². The summed E-state index contributed by atoms with van der Waals surface area (Å²) in [5.74, 6) is -0.552. The summed E-state index contributed by atoms with van der Waals surface area (Å²) in [4.78, 5) is 12.4. The van der Waals surface area contributed by atoms with E-state index in [4.69, 9.17) is 11.6 Å². The van der Waals surface area contributed by atoms with Gasteiger partial charge in [0.05, 0.1) is 18.2 Å². The third-order valence-corrected chi connectivity index (χ3v) is 6.98. The van der Waals surface area contributed by atoms with E-state index in [-0.39, 0.29) is 0 Å². The quantitative estimate of drug-likeness (QED) is 0.453. The topological polar surface area (TPSA) is 78.8 Å². The maximum atomic E-state index is 12.4. The fraction of sp³-hybridized carbons (Fsp3) is 0.217. The molecule has 31 heavy (non-hydrogen) atoms. The summed E-state index contributed by atoms with van der Waals surface area (Å²) >= 11 is 6.12. The zero-order valence-corrected chi connectivity index (χ0v) is 18.8. The average molecular weight is 456 g/mol. The third kappa shape index (κ3) is 4.43. The van der Waals surface area contributed by atoms with Crippen molar-refractivity contribution in [3.8, 4) is 0 Å². The monoisotopic (exact) mass is 455 g/mol.